The average molecular weight is 508 g/mol. The Morgan fingerprint density at radius 3 is 2.59 bits per heavy atom. The van der Waals surface area contributed by atoms with Crippen molar-refractivity contribution in [1.29, 1.82) is 5.26 Å². The maximum atomic E-state index is 13.0. The Hall–Kier alpha value is -3.55. The van der Waals surface area contributed by atoms with Crippen molar-refractivity contribution in [2.24, 2.45) is 0 Å². The number of carbonyl (C=O) groups is 1. The van der Waals surface area contributed by atoms with Crippen LogP contribution < -0.4 is 14.8 Å². The molecule has 1 amide bonds. The molecule has 1 aromatic heterocycles. The first-order valence-electron chi connectivity index (χ1n) is 9.60. The van der Waals surface area contributed by atoms with Crippen LogP contribution >= 0.6 is 22.9 Å². The molecule has 1 heterocycles. The predicted molar refractivity (Wildman–Crippen MR) is 123 cm³/mol. The molecule has 176 valence electrons. The summed E-state index contributed by atoms with van der Waals surface area (Å²) in [7, 11) is 2.96. The molecule has 0 fully saturated rings. The fourth-order valence-corrected chi connectivity index (χ4v) is 3.96. The SMILES string of the molecule is COc1ccc(/C=C(\C#N)C(=O)Nc2ncc(Cc3cc(C(F)(F)F)ccc3Cl)s2)cc1OC. The molecule has 1 N–H and O–H groups in total. The van der Waals surface area contributed by atoms with E-state index in [1.165, 1.54) is 32.6 Å². The van der Waals surface area contributed by atoms with E-state index in [0.29, 0.717) is 21.9 Å². The van der Waals surface area contributed by atoms with Crippen LogP contribution in [0.1, 0.15) is 21.6 Å². The van der Waals surface area contributed by atoms with Crippen molar-refractivity contribution in [1.82, 2.24) is 4.98 Å². The van der Waals surface area contributed by atoms with Crippen molar-refractivity contribution < 1.29 is 27.4 Å². The van der Waals surface area contributed by atoms with E-state index in [1.807, 2.05) is 6.07 Å². The second kappa shape index (κ2) is 10.6. The van der Waals surface area contributed by atoms with E-state index in [4.69, 9.17) is 21.1 Å². The minimum atomic E-state index is -4.49. The number of nitrogens with zero attached hydrogens (tertiary/aromatic N) is 2. The fraction of sp³-hybridized carbons (Fsp3) is 0.174. The van der Waals surface area contributed by atoms with Gasteiger partial charge in [-0.1, -0.05) is 17.7 Å². The van der Waals surface area contributed by atoms with Crippen molar-refractivity contribution in [3.05, 3.63) is 74.8 Å². The quantitative estimate of drug-likeness (QED) is 0.314. The van der Waals surface area contributed by atoms with Crippen LogP contribution in [0.5, 0.6) is 11.5 Å². The number of amides is 1. The molecule has 0 spiro atoms. The molecule has 34 heavy (non-hydrogen) atoms. The smallest absolute Gasteiger partial charge is 0.416 e. The van der Waals surface area contributed by atoms with Gasteiger partial charge in [0.2, 0.25) is 0 Å². The van der Waals surface area contributed by atoms with Gasteiger partial charge in [0.15, 0.2) is 16.6 Å². The Balaban J connectivity index is 1.75. The fourth-order valence-electron chi connectivity index (χ4n) is 2.94. The molecule has 2 aromatic carbocycles. The number of hydrogen-bond acceptors (Lipinski definition) is 6. The van der Waals surface area contributed by atoms with Crippen LogP contribution in [0.3, 0.4) is 0 Å². The predicted octanol–water partition coefficient (Wildman–Crippen LogP) is 5.97. The van der Waals surface area contributed by atoms with Crippen LogP contribution in [0.25, 0.3) is 6.08 Å². The number of ether oxygens (including phenoxy) is 2. The third kappa shape index (κ3) is 6.07. The first-order valence-corrected chi connectivity index (χ1v) is 10.8. The number of carbonyl (C=O) groups excluding carboxylic acids is 1. The van der Waals surface area contributed by atoms with Crippen LogP contribution in [0.4, 0.5) is 18.3 Å². The van der Waals surface area contributed by atoms with E-state index < -0.39 is 17.6 Å². The van der Waals surface area contributed by atoms with Crippen LogP contribution in [0.15, 0.2) is 48.2 Å². The Bertz CT molecular complexity index is 1280. The second-order valence-corrected chi connectivity index (χ2v) is 8.37. The lowest BCUT2D eigenvalue weighted by atomic mass is 10.1. The van der Waals surface area contributed by atoms with Gasteiger partial charge in [-0.05, 0) is 47.5 Å². The minimum absolute atomic E-state index is 0.100. The van der Waals surface area contributed by atoms with Gasteiger partial charge in [0.05, 0.1) is 19.8 Å². The first kappa shape index (κ1) is 25.1. The van der Waals surface area contributed by atoms with Crippen molar-refractivity contribution in [2.45, 2.75) is 12.6 Å². The van der Waals surface area contributed by atoms with Crippen LogP contribution in [0.2, 0.25) is 5.02 Å². The lowest BCUT2D eigenvalue weighted by molar-refractivity contribution is -0.137. The zero-order valence-electron chi connectivity index (χ0n) is 17.9. The summed E-state index contributed by atoms with van der Waals surface area (Å²) < 4.78 is 49.3. The minimum Gasteiger partial charge on any atom is -0.493 e. The molecule has 6 nitrogen and oxygen atoms in total. The number of methoxy groups -OCH3 is 2. The largest absolute Gasteiger partial charge is 0.493 e. The molecule has 0 aliphatic carbocycles. The Kier molecular flexibility index (Phi) is 7.81. The molecule has 11 heteroatoms. The third-order valence-electron chi connectivity index (χ3n) is 4.60. The van der Waals surface area contributed by atoms with Gasteiger partial charge in [-0.3, -0.25) is 10.1 Å². The molecule has 0 unspecified atom stereocenters. The summed E-state index contributed by atoms with van der Waals surface area (Å²) in [5.74, 6) is 0.251. The molecule has 3 rings (SSSR count). The van der Waals surface area contributed by atoms with Crippen LogP contribution in [-0.4, -0.2) is 25.1 Å². The van der Waals surface area contributed by atoms with Gasteiger partial charge < -0.3 is 9.47 Å². The lowest BCUT2D eigenvalue weighted by Crippen LogP contribution is -2.13. The van der Waals surface area contributed by atoms with Gasteiger partial charge in [-0.15, -0.1) is 11.3 Å². The second-order valence-electron chi connectivity index (χ2n) is 6.85. The molecule has 0 aliphatic rings. The Labute approximate surface area is 202 Å². The highest BCUT2D eigenvalue weighted by molar-refractivity contribution is 7.15. The highest BCUT2D eigenvalue weighted by Crippen LogP contribution is 2.33. The van der Waals surface area contributed by atoms with E-state index in [2.05, 4.69) is 10.3 Å². The highest BCUT2D eigenvalue weighted by Gasteiger charge is 2.31. The number of nitrogens with one attached hydrogen (secondary N) is 1. The molecule has 0 atom stereocenters. The number of halogens is 4. The van der Waals surface area contributed by atoms with E-state index in [1.54, 1.807) is 18.2 Å². The van der Waals surface area contributed by atoms with Crippen molar-refractivity contribution in [2.75, 3.05) is 19.5 Å². The highest BCUT2D eigenvalue weighted by atomic mass is 35.5. The van der Waals surface area contributed by atoms with Gasteiger partial charge in [0.25, 0.3) is 5.91 Å². The van der Waals surface area contributed by atoms with Crippen LogP contribution in [-0.2, 0) is 17.4 Å². The Morgan fingerprint density at radius 2 is 1.94 bits per heavy atom. The number of thiazole rings is 1. The Morgan fingerprint density at radius 1 is 1.21 bits per heavy atom. The molecule has 3 aromatic rings. The molecule has 0 saturated carbocycles. The van der Waals surface area contributed by atoms with Gasteiger partial charge in [-0.2, -0.15) is 18.4 Å². The van der Waals surface area contributed by atoms with E-state index in [9.17, 15) is 23.2 Å². The number of benzene rings is 2. The van der Waals surface area contributed by atoms with Gasteiger partial charge >= 0.3 is 6.18 Å². The number of rotatable bonds is 7. The molecule has 0 saturated heterocycles. The van der Waals surface area contributed by atoms with E-state index in [0.717, 1.165) is 23.5 Å². The number of hydrogen-bond donors (Lipinski definition) is 1. The molecule has 0 radical (unpaired) electrons. The standard InChI is InChI=1S/C23H17ClF3N3O3S/c1-32-19-6-3-13(8-20(19)33-2)7-15(11-28)21(31)30-22-29-12-17(34-22)10-14-9-16(23(25,26)27)4-5-18(14)24/h3-9,12H,10H2,1-2H3,(H,29,30,31)/b15-7+. The van der Waals surface area contributed by atoms with E-state index in [-0.39, 0.29) is 27.7 Å². The summed E-state index contributed by atoms with van der Waals surface area (Å²) >= 11 is 7.12. The zero-order chi connectivity index (χ0) is 24.9. The number of anilines is 1. The van der Waals surface area contributed by atoms with Gasteiger partial charge in [-0.25, -0.2) is 4.98 Å². The molecule has 0 aliphatic heterocycles. The summed E-state index contributed by atoms with van der Waals surface area (Å²) in [5, 5.41) is 12.3. The summed E-state index contributed by atoms with van der Waals surface area (Å²) in [5.41, 5.74) is -0.152. The number of aromatic nitrogens is 1. The maximum Gasteiger partial charge on any atom is 0.416 e. The molecular weight excluding hydrogens is 491 g/mol. The zero-order valence-corrected chi connectivity index (χ0v) is 19.4. The van der Waals surface area contributed by atoms with E-state index >= 15 is 0 Å². The topological polar surface area (TPSA) is 84.2 Å². The van der Waals surface area contributed by atoms with Crippen LogP contribution in [0, 0.1) is 11.3 Å². The van der Waals surface area contributed by atoms with Gasteiger partial charge in [0.1, 0.15) is 11.6 Å². The summed E-state index contributed by atoms with van der Waals surface area (Å²) in [6, 6.07) is 9.85. The maximum absolute atomic E-state index is 13.0. The van der Waals surface area contributed by atoms with Gasteiger partial charge in [0, 0.05) is 22.5 Å². The van der Waals surface area contributed by atoms with Crippen molar-refractivity contribution in [3.63, 3.8) is 0 Å². The van der Waals surface area contributed by atoms with Crippen molar-refractivity contribution >= 4 is 40.1 Å². The summed E-state index contributed by atoms with van der Waals surface area (Å²) in [6.45, 7) is 0. The number of nitriles is 1. The van der Waals surface area contributed by atoms with Crippen molar-refractivity contribution in [3.8, 4) is 17.6 Å². The lowest BCUT2D eigenvalue weighted by Gasteiger charge is -2.09. The summed E-state index contributed by atoms with van der Waals surface area (Å²) in [6.07, 6.45) is -1.57. The monoisotopic (exact) mass is 507 g/mol. The molecular formula is C23H17ClF3N3O3S. The molecule has 0 bridgehead atoms. The average Bonchev–Trinajstić information content (AvgIpc) is 3.24. The number of alkyl halides is 3. The first-order chi connectivity index (χ1) is 16.1. The third-order valence-corrected chi connectivity index (χ3v) is 5.88. The normalized spacial score (nSPS) is 11.6. The summed E-state index contributed by atoms with van der Waals surface area (Å²) in [4.78, 5) is 17.2.